The standard InChI is InChI=1S/C28H5F49O2/c1-3(2)4(78)79-25(68,23(64,65)20(58,59)17(52,53)14(46,47)11(40,41)12(42,43)15(48,49)18(54,55)21(60,61)24(66,67)28(75,76)77)22(62,63)19(56,57)16(50,51)13(44,45)10(38,39)9(36,37)8(34,35)7(32,33)6(30,31)5(29,26(69,70)71)27(72,73)74/h1H2,2H3. The Hall–Kier alpha value is -4.22. The van der Waals surface area contributed by atoms with Gasteiger partial charge in [-0.25, -0.2) is 9.18 Å². The Labute approximate surface area is 393 Å². The molecule has 0 amide bonds. The second-order valence-corrected chi connectivity index (χ2v) is 14.8. The molecule has 1 unspecified atom stereocenters. The maximum atomic E-state index is 15.6. The van der Waals surface area contributed by atoms with Gasteiger partial charge in [-0.15, -0.1) is 0 Å². The Kier molecular flexibility index (Phi) is 17.2. The fourth-order valence-electron chi connectivity index (χ4n) is 4.81. The van der Waals surface area contributed by atoms with Gasteiger partial charge >= 0.3 is 149 Å². The quantitative estimate of drug-likeness (QED) is 0.0613. The van der Waals surface area contributed by atoms with E-state index in [4.69, 9.17) is 0 Å². The number of carbonyl (C=O) groups is 1. The summed E-state index contributed by atoms with van der Waals surface area (Å²) in [5.74, 6) is -215. The van der Waals surface area contributed by atoms with E-state index in [1.807, 2.05) is 0 Å². The van der Waals surface area contributed by atoms with Crippen molar-refractivity contribution in [3.05, 3.63) is 12.2 Å². The predicted octanol–water partition coefficient (Wildman–Crippen LogP) is 16.2. The van der Waals surface area contributed by atoms with Gasteiger partial charge in [0.15, 0.2) is 0 Å². The molecule has 0 saturated heterocycles. The third kappa shape index (κ3) is 8.48. The van der Waals surface area contributed by atoms with E-state index in [9.17, 15) is 198 Å². The van der Waals surface area contributed by atoms with Crippen LogP contribution in [0.2, 0.25) is 0 Å². The largest absolute Gasteiger partial charge is 0.460 e. The summed E-state index contributed by atoms with van der Waals surface area (Å²) in [6.45, 7) is 0.933. The summed E-state index contributed by atoms with van der Waals surface area (Å²) in [6.07, 6.45) is -26.9. The average molecular weight is 1300 g/mol. The molecule has 2 nitrogen and oxygen atoms in total. The molecule has 79 heavy (non-hydrogen) atoms. The van der Waals surface area contributed by atoms with E-state index in [0.717, 1.165) is 0 Å². The number of rotatable bonds is 22. The van der Waals surface area contributed by atoms with Crippen molar-refractivity contribution in [2.45, 2.75) is 150 Å². The van der Waals surface area contributed by atoms with E-state index in [2.05, 4.69) is 0 Å². The maximum absolute atomic E-state index is 15.6. The van der Waals surface area contributed by atoms with Crippen LogP contribution in [0.25, 0.3) is 0 Å². The van der Waals surface area contributed by atoms with Crippen LogP contribution in [0.1, 0.15) is 6.92 Å². The Morgan fingerprint density at radius 3 is 0.506 bits per heavy atom. The number of ether oxygens (including phenoxy) is 1. The molecule has 0 aromatic rings. The second-order valence-electron chi connectivity index (χ2n) is 14.8. The fourth-order valence-corrected chi connectivity index (χ4v) is 4.81. The lowest BCUT2D eigenvalue weighted by molar-refractivity contribution is -0.505. The first-order valence-electron chi connectivity index (χ1n) is 16.7. The summed E-state index contributed by atoms with van der Waals surface area (Å²) in [5.41, 5.74) is -12.5. The van der Waals surface area contributed by atoms with Crippen molar-refractivity contribution in [3.8, 4) is 0 Å². The van der Waals surface area contributed by atoms with E-state index >= 15 is 22.0 Å². The molecule has 0 spiro atoms. The third-order valence-electron chi connectivity index (χ3n) is 9.66. The molecule has 0 rings (SSSR count). The number of carbonyl (C=O) groups excluding carboxylic acids is 1. The minimum Gasteiger partial charge on any atom is -0.413 e. The lowest BCUT2D eigenvalue weighted by atomic mass is 9.80. The van der Waals surface area contributed by atoms with Gasteiger partial charge in [-0.05, 0) is 6.92 Å². The molecule has 0 aliphatic carbocycles. The van der Waals surface area contributed by atoms with Gasteiger partial charge in [0.1, 0.15) is 0 Å². The third-order valence-corrected chi connectivity index (χ3v) is 9.66. The predicted molar refractivity (Wildman–Crippen MR) is 141 cm³/mol. The van der Waals surface area contributed by atoms with E-state index in [1.54, 1.807) is 6.58 Å². The normalized spacial score (nSPS) is 17.7. The second kappa shape index (κ2) is 18.1. The highest BCUT2D eigenvalue weighted by Crippen LogP contribution is 2.73. The van der Waals surface area contributed by atoms with Crippen LogP contribution >= 0.6 is 0 Å². The SMILES string of the molecule is C=C(C)C(=O)OC(F)(C(F)(F)C(F)(F)C(F)(F)C(F)(F)C(F)(F)C(F)(F)C(F)(F)C(F)(F)C(F)(F)C(F)(F)C(F)(F)F)C(F)(F)C(F)(F)C(F)(F)C(F)(F)C(F)(F)C(F)(F)C(F)(F)C(F)(F)C(F)(F)C(F)(C(F)(F)F)C(F)(F)F. The zero-order valence-electron chi connectivity index (χ0n) is 34.0. The summed E-state index contributed by atoms with van der Waals surface area (Å²) < 4.78 is 682. The molecule has 0 aliphatic heterocycles. The Balaban J connectivity index is 8.82. The van der Waals surface area contributed by atoms with Crippen LogP contribution in [-0.4, -0.2) is 149 Å². The summed E-state index contributed by atoms with van der Waals surface area (Å²) in [4.78, 5) is 11.5. The van der Waals surface area contributed by atoms with Gasteiger partial charge < -0.3 is 4.74 Å². The molecule has 0 aromatic heterocycles. The van der Waals surface area contributed by atoms with Crippen molar-refractivity contribution in [1.29, 1.82) is 0 Å². The fraction of sp³-hybridized carbons (Fsp3) is 0.893. The van der Waals surface area contributed by atoms with Crippen LogP contribution in [0.3, 0.4) is 0 Å². The van der Waals surface area contributed by atoms with Crippen molar-refractivity contribution < 1.29 is 225 Å². The highest BCUT2D eigenvalue weighted by atomic mass is 19.5. The molecule has 0 heterocycles. The number of esters is 1. The average Bonchev–Trinajstić information content (AvgIpc) is 3.20. The Morgan fingerprint density at radius 1 is 0.228 bits per heavy atom. The number of halogens is 49. The van der Waals surface area contributed by atoms with Crippen LogP contribution in [0.4, 0.5) is 215 Å². The van der Waals surface area contributed by atoms with Gasteiger partial charge in [-0.3, -0.25) is 0 Å². The Bertz CT molecular complexity index is 2250. The molecule has 0 aromatic carbocycles. The molecule has 0 fully saturated rings. The van der Waals surface area contributed by atoms with E-state index in [-0.39, 0.29) is 0 Å². The first kappa shape index (κ1) is 74.8. The molecule has 0 bridgehead atoms. The molecular weight excluding hydrogens is 1300 g/mol. The van der Waals surface area contributed by atoms with Crippen molar-refractivity contribution in [1.82, 2.24) is 0 Å². The summed E-state index contributed by atoms with van der Waals surface area (Å²) >= 11 is 0. The number of hydrogen-bond donors (Lipinski definition) is 0. The Morgan fingerprint density at radius 2 is 0.367 bits per heavy atom. The number of hydrogen-bond acceptors (Lipinski definition) is 2. The smallest absolute Gasteiger partial charge is 0.413 e. The zero-order valence-corrected chi connectivity index (χ0v) is 34.0. The van der Waals surface area contributed by atoms with Gasteiger partial charge in [0.25, 0.3) is 0 Å². The van der Waals surface area contributed by atoms with Crippen LogP contribution < -0.4 is 0 Å². The highest BCUT2D eigenvalue weighted by Gasteiger charge is 3.05. The van der Waals surface area contributed by atoms with Crippen LogP contribution in [-0.2, 0) is 9.53 Å². The molecule has 0 aliphatic rings. The minimum atomic E-state index is -10.9. The van der Waals surface area contributed by atoms with Gasteiger partial charge in [0.05, 0.1) is 0 Å². The summed E-state index contributed by atoms with van der Waals surface area (Å²) in [5, 5.41) is 0. The monoisotopic (exact) mass is 1300 g/mol. The molecule has 472 valence electrons. The van der Waals surface area contributed by atoms with Crippen molar-refractivity contribution in [2.75, 3.05) is 0 Å². The minimum absolute atomic E-state index is 0.744. The van der Waals surface area contributed by atoms with Crippen molar-refractivity contribution in [3.63, 3.8) is 0 Å². The highest BCUT2D eigenvalue weighted by molar-refractivity contribution is 5.87. The van der Waals surface area contributed by atoms with Crippen molar-refractivity contribution >= 4 is 5.97 Å². The topological polar surface area (TPSA) is 26.3 Å². The van der Waals surface area contributed by atoms with Crippen LogP contribution in [0.5, 0.6) is 0 Å². The molecular formula is C28H5F49O2. The first-order chi connectivity index (χ1) is 33.1. The molecule has 1 atom stereocenters. The van der Waals surface area contributed by atoms with Gasteiger partial charge in [-0.2, -0.15) is 211 Å². The lowest BCUT2D eigenvalue weighted by Gasteiger charge is -2.49. The van der Waals surface area contributed by atoms with Crippen molar-refractivity contribution in [2.24, 2.45) is 0 Å². The van der Waals surface area contributed by atoms with E-state index in [0.29, 0.717) is 0 Å². The van der Waals surface area contributed by atoms with Gasteiger partial charge in [0.2, 0.25) is 0 Å². The van der Waals surface area contributed by atoms with E-state index in [1.165, 1.54) is 4.74 Å². The molecule has 0 radical (unpaired) electrons. The van der Waals surface area contributed by atoms with Gasteiger partial charge in [-0.1, -0.05) is 6.58 Å². The van der Waals surface area contributed by atoms with Crippen LogP contribution in [0, 0.1) is 0 Å². The molecule has 51 heteroatoms. The lowest BCUT2D eigenvalue weighted by Crippen LogP contribution is -2.82. The maximum Gasteiger partial charge on any atom is 0.460 e. The van der Waals surface area contributed by atoms with E-state index < -0.39 is 161 Å². The first-order valence-corrected chi connectivity index (χ1v) is 16.7. The zero-order chi connectivity index (χ0) is 65.9. The summed E-state index contributed by atoms with van der Waals surface area (Å²) in [7, 11) is 0. The van der Waals surface area contributed by atoms with Crippen LogP contribution in [0.15, 0.2) is 12.2 Å². The molecule has 0 N–H and O–H groups in total. The molecule has 0 saturated carbocycles. The number of alkyl halides is 49. The van der Waals surface area contributed by atoms with Gasteiger partial charge in [0, 0.05) is 5.57 Å². The summed E-state index contributed by atoms with van der Waals surface area (Å²) in [6, 6.07) is 0.